The number of carbonyl (C=O) groups excluding carboxylic acids is 2. The van der Waals surface area contributed by atoms with Crippen molar-refractivity contribution in [2.75, 3.05) is 6.61 Å². The zero-order valence-corrected chi connectivity index (χ0v) is 15.4. The van der Waals surface area contributed by atoms with Crippen LogP contribution in [0, 0.1) is 25.2 Å². The second-order valence-corrected chi connectivity index (χ2v) is 6.61. The van der Waals surface area contributed by atoms with Gasteiger partial charge in [-0.2, -0.15) is 5.26 Å². The summed E-state index contributed by atoms with van der Waals surface area (Å²) in [5, 5.41) is 11.4. The number of rotatable bonds is 6. The number of nitriles is 1. The van der Waals surface area contributed by atoms with E-state index in [1.165, 1.54) is 11.3 Å². The Bertz CT molecular complexity index is 1020. The van der Waals surface area contributed by atoms with E-state index in [9.17, 15) is 14.9 Å². The normalized spacial score (nSPS) is 11.6. The first kappa shape index (κ1) is 18.5. The first-order valence-corrected chi connectivity index (χ1v) is 8.92. The lowest BCUT2D eigenvalue weighted by Crippen LogP contribution is -2.20. The number of aromatic nitrogens is 2. The van der Waals surface area contributed by atoms with Gasteiger partial charge in [0, 0.05) is 16.6 Å². The summed E-state index contributed by atoms with van der Waals surface area (Å²) in [6.45, 7) is 2.83. The molecule has 7 nitrogen and oxygen atoms in total. The molecule has 27 heavy (non-hydrogen) atoms. The smallest absolute Gasteiger partial charge is 0.361 e. The molecule has 0 amide bonds. The third-order valence-electron chi connectivity index (χ3n) is 3.69. The monoisotopic (exact) mass is 381 g/mol. The van der Waals surface area contributed by atoms with Crippen molar-refractivity contribution in [3.63, 3.8) is 0 Å². The summed E-state index contributed by atoms with van der Waals surface area (Å²) in [4.78, 5) is 32.8. The Labute approximate surface area is 159 Å². The van der Waals surface area contributed by atoms with E-state index in [-0.39, 0.29) is 5.69 Å². The van der Waals surface area contributed by atoms with Crippen molar-refractivity contribution in [1.29, 1.82) is 5.26 Å². The average Bonchev–Trinajstić information content (AvgIpc) is 3.27. The highest BCUT2D eigenvalue weighted by Crippen LogP contribution is 2.23. The molecule has 1 aromatic carbocycles. The van der Waals surface area contributed by atoms with Crippen LogP contribution in [0.3, 0.4) is 0 Å². The van der Waals surface area contributed by atoms with Crippen LogP contribution in [0.5, 0.6) is 0 Å². The fourth-order valence-corrected chi connectivity index (χ4v) is 3.21. The average molecular weight is 381 g/mol. The van der Waals surface area contributed by atoms with Gasteiger partial charge in [-0.15, -0.1) is 11.3 Å². The number of nitrogens with zero attached hydrogens (tertiary/aromatic N) is 3. The second kappa shape index (κ2) is 7.93. The molecule has 136 valence electrons. The minimum absolute atomic E-state index is 0.000235. The largest absolute Gasteiger partial charge is 0.453 e. The van der Waals surface area contributed by atoms with Crippen LogP contribution < -0.4 is 0 Å². The fraction of sp³-hybridized carbons (Fsp3) is 0.211. The van der Waals surface area contributed by atoms with Crippen molar-refractivity contribution >= 4 is 23.1 Å². The van der Waals surface area contributed by atoms with Crippen molar-refractivity contribution in [2.45, 2.75) is 19.8 Å². The third-order valence-corrected chi connectivity index (χ3v) is 4.72. The SMILES string of the molecule is Cc1csc([C@@H](C#N)C(=O)COC(=O)c2nc(-c3ccccc3)oc2C)n1. The minimum atomic E-state index is -1.06. The lowest BCUT2D eigenvalue weighted by molar-refractivity contribution is -0.122. The molecule has 2 heterocycles. The number of oxazole rings is 1. The number of hydrogen-bond acceptors (Lipinski definition) is 8. The summed E-state index contributed by atoms with van der Waals surface area (Å²) in [5.41, 5.74) is 1.45. The topological polar surface area (TPSA) is 106 Å². The van der Waals surface area contributed by atoms with Crippen molar-refractivity contribution in [3.8, 4) is 17.5 Å². The number of ether oxygens (including phenoxy) is 1. The number of hydrogen-bond donors (Lipinski definition) is 0. The van der Waals surface area contributed by atoms with Crippen LogP contribution in [-0.4, -0.2) is 28.3 Å². The van der Waals surface area contributed by atoms with Crippen LogP contribution in [-0.2, 0) is 9.53 Å². The fourth-order valence-electron chi connectivity index (χ4n) is 2.35. The molecule has 2 aromatic heterocycles. The number of carbonyl (C=O) groups is 2. The molecule has 0 unspecified atom stereocenters. The summed E-state index contributed by atoms with van der Waals surface area (Å²) in [7, 11) is 0. The van der Waals surface area contributed by atoms with Crippen LogP contribution in [0.4, 0.5) is 0 Å². The molecular formula is C19H15N3O4S. The van der Waals surface area contributed by atoms with Gasteiger partial charge in [0.15, 0.2) is 24.0 Å². The van der Waals surface area contributed by atoms with Gasteiger partial charge in [-0.1, -0.05) is 18.2 Å². The molecule has 0 saturated carbocycles. The molecule has 8 heteroatoms. The van der Waals surface area contributed by atoms with Gasteiger partial charge in [-0.3, -0.25) is 4.79 Å². The van der Waals surface area contributed by atoms with Gasteiger partial charge >= 0.3 is 5.97 Å². The van der Waals surface area contributed by atoms with Gasteiger partial charge in [-0.05, 0) is 26.0 Å². The van der Waals surface area contributed by atoms with E-state index >= 15 is 0 Å². The van der Waals surface area contributed by atoms with E-state index in [0.29, 0.717) is 16.7 Å². The standard InChI is InChI=1S/C19H15N3O4S/c1-11-10-27-18(21-11)14(8-20)15(23)9-25-19(24)16-12(2)26-17(22-16)13-6-4-3-5-7-13/h3-7,10,14H,9H2,1-2H3/t14-/m0/s1. The van der Waals surface area contributed by atoms with Gasteiger partial charge in [0.25, 0.3) is 0 Å². The Morgan fingerprint density at radius 3 is 2.63 bits per heavy atom. The highest BCUT2D eigenvalue weighted by Gasteiger charge is 2.26. The Morgan fingerprint density at radius 2 is 2.00 bits per heavy atom. The second-order valence-electron chi connectivity index (χ2n) is 5.72. The number of Topliss-reactive ketones (excluding diaryl/α,β-unsaturated/α-hetero) is 1. The molecule has 3 aromatic rings. The van der Waals surface area contributed by atoms with Gasteiger partial charge in [-0.25, -0.2) is 14.8 Å². The molecule has 0 aliphatic carbocycles. The molecule has 0 N–H and O–H groups in total. The summed E-state index contributed by atoms with van der Waals surface area (Å²) in [6, 6.07) is 11.0. The molecule has 0 bridgehead atoms. The van der Waals surface area contributed by atoms with Crippen LogP contribution in [0.1, 0.15) is 32.9 Å². The third kappa shape index (κ3) is 4.10. The quantitative estimate of drug-likeness (QED) is 0.602. The van der Waals surface area contributed by atoms with E-state index in [4.69, 9.17) is 9.15 Å². The summed E-state index contributed by atoms with van der Waals surface area (Å²) >= 11 is 1.22. The zero-order valence-electron chi connectivity index (χ0n) is 14.6. The Morgan fingerprint density at radius 1 is 1.26 bits per heavy atom. The van der Waals surface area contributed by atoms with E-state index in [2.05, 4.69) is 9.97 Å². The van der Waals surface area contributed by atoms with Gasteiger partial charge in [0.2, 0.25) is 5.89 Å². The number of ketones is 1. The maximum Gasteiger partial charge on any atom is 0.361 e. The molecule has 0 saturated heterocycles. The van der Waals surface area contributed by atoms with Gasteiger partial charge in [0.1, 0.15) is 10.8 Å². The first-order chi connectivity index (χ1) is 13.0. The van der Waals surface area contributed by atoms with Crippen LogP contribution in [0.15, 0.2) is 40.1 Å². The van der Waals surface area contributed by atoms with E-state index < -0.39 is 24.3 Å². The minimum Gasteiger partial charge on any atom is -0.453 e. The van der Waals surface area contributed by atoms with Crippen molar-refractivity contribution in [2.24, 2.45) is 0 Å². The maximum atomic E-state index is 12.3. The van der Waals surface area contributed by atoms with E-state index in [1.807, 2.05) is 24.3 Å². The Balaban J connectivity index is 1.68. The molecule has 0 fully saturated rings. The summed E-state index contributed by atoms with van der Waals surface area (Å²) in [6.07, 6.45) is 0. The lowest BCUT2D eigenvalue weighted by atomic mass is 10.1. The summed E-state index contributed by atoms with van der Waals surface area (Å²) < 4.78 is 10.6. The predicted octanol–water partition coefficient (Wildman–Crippen LogP) is 3.45. The molecule has 0 spiro atoms. The molecule has 0 radical (unpaired) electrons. The molecule has 1 atom stereocenters. The number of thiazole rings is 1. The lowest BCUT2D eigenvalue weighted by Gasteiger charge is -2.05. The number of aryl methyl sites for hydroxylation is 2. The number of esters is 1. The van der Waals surface area contributed by atoms with Crippen molar-refractivity contribution < 1.29 is 18.7 Å². The number of benzene rings is 1. The summed E-state index contributed by atoms with van der Waals surface area (Å²) in [5.74, 6) is -1.79. The maximum absolute atomic E-state index is 12.3. The van der Waals surface area contributed by atoms with E-state index in [1.54, 1.807) is 31.4 Å². The van der Waals surface area contributed by atoms with Gasteiger partial charge in [0.05, 0.1) is 6.07 Å². The Kier molecular flexibility index (Phi) is 5.43. The first-order valence-electron chi connectivity index (χ1n) is 8.04. The van der Waals surface area contributed by atoms with Crippen LogP contribution in [0.2, 0.25) is 0 Å². The molecule has 0 aliphatic heterocycles. The van der Waals surface area contributed by atoms with Crippen molar-refractivity contribution in [3.05, 3.63) is 57.9 Å². The van der Waals surface area contributed by atoms with E-state index in [0.717, 1.165) is 11.3 Å². The van der Waals surface area contributed by atoms with Crippen LogP contribution >= 0.6 is 11.3 Å². The molecular weight excluding hydrogens is 366 g/mol. The van der Waals surface area contributed by atoms with Gasteiger partial charge < -0.3 is 9.15 Å². The Hall–Kier alpha value is -3.31. The van der Waals surface area contributed by atoms with Crippen LogP contribution in [0.25, 0.3) is 11.5 Å². The molecule has 3 rings (SSSR count). The van der Waals surface area contributed by atoms with Crippen molar-refractivity contribution in [1.82, 2.24) is 9.97 Å². The zero-order chi connectivity index (χ0) is 19.4. The molecule has 0 aliphatic rings. The highest BCUT2D eigenvalue weighted by molar-refractivity contribution is 7.09. The highest BCUT2D eigenvalue weighted by atomic mass is 32.1. The predicted molar refractivity (Wildman–Crippen MR) is 97.2 cm³/mol.